The molecule has 0 aliphatic heterocycles. The van der Waals surface area contributed by atoms with Gasteiger partial charge in [-0.05, 0) is 67.6 Å². The van der Waals surface area contributed by atoms with Gasteiger partial charge < -0.3 is 5.32 Å². The summed E-state index contributed by atoms with van der Waals surface area (Å²) in [5, 5.41) is 3.12. The van der Waals surface area contributed by atoms with Crippen LogP contribution < -0.4 is 10.0 Å². The summed E-state index contributed by atoms with van der Waals surface area (Å²) in [6.07, 6.45) is 5.30. The molecule has 1 amide bonds. The summed E-state index contributed by atoms with van der Waals surface area (Å²) in [6, 6.07) is 12.3. The Hall–Kier alpha value is -2.25. The van der Waals surface area contributed by atoms with Crippen LogP contribution in [0.2, 0.25) is 0 Å². The molecule has 2 aliphatic carbocycles. The van der Waals surface area contributed by atoms with Crippen LogP contribution in [0.15, 0.2) is 53.4 Å². The number of hydrogen-bond donors (Lipinski definition) is 2. The first-order valence-corrected chi connectivity index (χ1v) is 11.1. The number of carbonyl (C=O) groups excluding carboxylic acids is 1. The van der Waals surface area contributed by atoms with E-state index in [0.717, 1.165) is 44.1 Å². The zero-order valence-corrected chi connectivity index (χ0v) is 16.3. The van der Waals surface area contributed by atoms with Crippen molar-refractivity contribution < 1.29 is 17.6 Å². The van der Waals surface area contributed by atoms with Crippen LogP contribution in [-0.2, 0) is 15.6 Å². The Morgan fingerprint density at radius 3 is 2.14 bits per heavy atom. The fourth-order valence-electron chi connectivity index (χ4n) is 3.80. The van der Waals surface area contributed by atoms with Crippen molar-refractivity contribution in [1.29, 1.82) is 0 Å². The number of carbonyl (C=O) groups is 1. The minimum absolute atomic E-state index is 0.0332. The number of rotatable bonds is 6. The molecule has 0 bridgehead atoms. The van der Waals surface area contributed by atoms with Crippen molar-refractivity contribution in [3.05, 3.63) is 65.5 Å². The van der Waals surface area contributed by atoms with E-state index in [-0.39, 0.29) is 22.7 Å². The second-order valence-electron chi connectivity index (χ2n) is 7.67. The first-order valence-electron chi connectivity index (χ1n) is 9.59. The maximum absolute atomic E-state index is 13.3. The van der Waals surface area contributed by atoms with Gasteiger partial charge in [0.2, 0.25) is 10.0 Å². The van der Waals surface area contributed by atoms with Gasteiger partial charge in [-0.2, -0.15) is 0 Å². The van der Waals surface area contributed by atoms with Crippen molar-refractivity contribution >= 4 is 15.9 Å². The van der Waals surface area contributed by atoms with Crippen LogP contribution in [0.25, 0.3) is 0 Å². The second-order valence-corrected chi connectivity index (χ2v) is 9.38. The molecule has 2 fully saturated rings. The van der Waals surface area contributed by atoms with Gasteiger partial charge >= 0.3 is 0 Å². The molecule has 2 aromatic carbocycles. The number of halogens is 1. The Morgan fingerprint density at radius 2 is 1.57 bits per heavy atom. The van der Waals surface area contributed by atoms with Gasteiger partial charge in [-0.25, -0.2) is 17.5 Å². The molecule has 2 N–H and O–H groups in total. The molecule has 0 saturated heterocycles. The highest BCUT2D eigenvalue weighted by Gasteiger charge is 2.37. The first-order chi connectivity index (χ1) is 13.4. The van der Waals surface area contributed by atoms with E-state index < -0.39 is 15.6 Å². The van der Waals surface area contributed by atoms with E-state index in [1.165, 1.54) is 36.4 Å². The van der Waals surface area contributed by atoms with Crippen molar-refractivity contribution in [2.75, 3.05) is 0 Å². The molecule has 28 heavy (non-hydrogen) atoms. The van der Waals surface area contributed by atoms with Gasteiger partial charge in [-0.3, -0.25) is 4.79 Å². The quantitative estimate of drug-likeness (QED) is 0.777. The fraction of sp³-hybridized carbons (Fsp3) is 0.381. The summed E-state index contributed by atoms with van der Waals surface area (Å²) >= 11 is 0. The van der Waals surface area contributed by atoms with Crippen LogP contribution in [0.5, 0.6) is 0 Å². The van der Waals surface area contributed by atoms with Gasteiger partial charge in [0.25, 0.3) is 5.91 Å². The maximum atomic E-state index is 13.3. The van der Waals surface area contributed by atoms with Gasteiger partial charge in [-0.1, -0.05) is 25.0 Å². The van der Waals surface area contributed by atoms with Gasteiger partial charge in [-0.15, -0.1) is 0 Å². The monoisotopic (exact) mass is 402 g/mol. The topological polar surface area (TPSA) is 75.3 Å². The lowest BCUT2D eigenvalue weighted by Gasteiger charge is -2.31. The van der Waals surface area contributed by atoms with E-state index in [9.17, 15) is 17.6 Å². The lowest BCUT2D eigenvalue weighted by molar-refractivity contribution is 0.0898. The maximum Gasteiger partial charge on any atom is 0.251 e. The normalized spacial score (nSPS) is 18.8. The van der Waals surface area contributed by atoms with Crippen LogP contribution in [-0.4, -0.2) is 20.4 Å². The van der Waals surface area contributed by atoms with E-state index in [0.29, 0.717) is 5.56 Å². The standard InChI is InChI=1S/C21H23FN2O3S/c22-17-7-5-16(6-8-17)21(13-1-2-14-21)23-20(25)15-3-11-19(12-4-15)28(26,27)24-18-9-10-18/h3-8,11-12,18,24H,1-2,9-10,13-14H2,(H,23,25). The van der Waals surface area contributed by atoms with E-state index in [1.807, 2.05) is 0 Å². The largest absolute Gasteiger partial charge is 0.343 e. The van der Waals surface area contributed by atoms with Crippen molar-refractivity contribution in [1.82, 2.24) is 10.0 Å². The molecule has 0 unspecified atom stereocenters. The minimum atomic E-state index is -3.54. The Balaban J connectivity index is 1.52. The molecule has 148 valence electrons. The summed E-state index contributed by atoms with van der Waals surface area (Å²) < 4.78 is 40.5. The highest BCUT2D eigenvalue weighted by molar-refractivity contribution is 7.89. The molecule has 5 nitrogen and oxygen atoms in total. The fourth-order valence-corrected chi connectivity index (χ4v) is 5.10. The van der Waals surface area contributed by atoms with Crippen LogP contribution in [0, 0.1) is 5.82 Å². The average Bonchev–Trinajstić information content (AvgIpc) is 3.36. The number of benzene rings is 2. The van der Waals surface area contributed by atoms with E-state index in [2.05, 4.69) is 10.0 Å². The summed E-state index contributed by atoms with van der Waals surface area (Å²) in [6.45, 7) is 0. The highest BCUT2D eigenvalue weighted by atomic mass is 32.2. The third-order valence-corrected chi connectivity index (χ3v) is 7.07. The summed E-state index contributed by atoms with van der Waals surface area (Å²) in [4.78, 5) is 13.0. The van der Waals surface area contributed by atoms with Crippen LogP contribution in [0.1, 0.15) is 54.4 Å². The second kappa shape index (κ2) is 7.29. The molecular formula is C21H23FN2O3S. The molecule has 2 aromatic rings. The Labute approximate surface area is 164 Å². The van der Waals surface area contributed by atoms with Crippen LogP contribution >= 0.6 is 0 Å². The number of sulfonamides is 1. The van der Waals surface area contributed by atoms with Gasteiger partial charge in [0, 0.05) is 11.6 Å². The molecule has 2 saturated carbocycles. The third-order valence-electron chi connectivity index (χ3n) is 5.53. The summed E-state index contributed by atoms with van der Waals surface area (Å²) in [5.41, 5.74) is 0.787. The van der Waals surface area contributed by atoms with Gasteiger partial charge in [0.05, 0.1) is 10.4 Å². The predicted molar refractivity (Wildman–Crippen MR) is 104 cm³/mol. The van der Waals surface area contributed by atoms with Crippen molar-refractivity contribution in [2.45, 2.75) is 55.0 Å². The Kier molecular flexibility index (Phi) is 4.97. The van der Waals surface area contributed by atoms with Crippen molar-refractivity contribution in [3.63, 3.8) is 0 Å². The summed E-state index contributed by atoms with van der Waals surface area (Å²) in [5.74, 6) is -0.565. The SMILES string of the molecule is O=C(NC1(c2ccc(F)cc2)CCCC1)c1ccc(S(=O)(=O)NC2CC2)cc1. The molecule has 7 heteroatoms. The number of nitrogens with one attached hydrogen (secondary N) is 2. The predicted octanol–water partition coefficient (Wildman–Crippen LogP) is 3.47. The lowest BCUT2D eigenvalue weighted by Crippen LogP contribution is -2.43. The average molecular weight is 402 g/mol. The van der Waals surface area contributed by atoms with E-state index >= 15 is 0 Å². The lowest BCUT2D eigenvalue weighted by atomic mass is 9.87. The van der Waals surface area contributed by atoms with Crippen LogP contribution in [0.4, 0.5) is 4.39 Å². The Bertz CT molecular complexity index is 962. The van der Waals surface area contributed by atoms with Gasteiger partial charge in [0.15, 0.2) is 0 Å². The molecule has 0 atom stereocenters. The van der Waals surface area contributed by atoms with Crippen molar-refractivity contribution in [2.24, 2.45) is 0 Å². The molecule has 0 radical (unpaired) electrons. The Morgan fingerprint density at radius 1 is 0.964 bits per heavy atom. The molecule has 0 aromatic heterocycles. The third kappa shape index (κ3) is 3.95. The zero-order chi connectivity index (χ0) is 19.8. The number of hydrogen-bond acceptors (Lipinski definition) is 3. The first kappa shape index (κ1) is 19.1. The van der Waals surface area contributed by atoms with Crippen molar-refractivity contribution in [3.8, 4) is 0 Å². The zero-order valence-electron chi connectivity index (χ0n) is 15.4. The van der Waals surface area contributed by atoms with Gasteiger partial charge in [0.1, 0.15) is 5.82 Å². The highest BCUT2D eigenvalue weighted by Crippen LogP contribution is 2.39. The molecule has 4 rings (SSSR count). The van der Waals surface area contributed by atoms with Crippen LogP contribution in [0.3, 0.4) is 0 Å². The minimum Gasteiger partial charge on any atom is -0.343 e. The van der Waals surface area contributed by atoms with E-state index in [4.69, 9.17) is 0 Å². The molecular weight excluding hydrogens is 379 g/mol. The number of amides is 1. The molecule has 2 aliphatic rings. The summed E-state index contributed by atoms with van der Waals surface area (Å²) in [7, 11) is -3.54. The van der Waals surface area contributed by atoms with E-state index in [1.54, 1.807) is 12.1 Å². The molecule has 0 spiro atoms. The molecule has 0 heterocycles. The smallest absolute Gasteiger partial charge is 0.251 e.